The molecule has 27 heavy (non-hydrogen) atoms. The lowest BCUT2D eigenvalue weighted by Gasteiger charge is -2.14. The van der Waals surface area contributed by atoms with Crippen LogP contribution in [0.25, 0.3) is 0 Å². The monoisotopic (exact) mass is 362 g/mol. The summed E-state index contributed by atoms with van der Waals surface area (Å²) in [7, 11) is 0. The van der Waals surface area contributed by atoms with Crippen LogP contribution in [0, 0.1) is 5.41 Å². The first-order valence-electron chi connectivity index (χ1n) is 8.61. The third-order valence-corrected chi connectivity index (χ3v) is 4.07. The van der Waals surface area contributed by atoms with Crippen LogP contribution in [0.1, 0.15) is 16.7 Å². The third kappa shape index (κ3) is 4.59. The van der Waals surface area contributed by atoms with Gasteiger partial charge in [-0.15, -0.1) is 0 Å². The van der Waals surface area contributed by atoms with Crippen LogP contribution in [0.4, 0.5) is 17.3 Å². The minimum Gasteiger partial charge on any atom is -0.392 e. The van der Waals surface area contributed by atoms with Gasteiger partial charge in [0.1, 0.15) is 18.0 Å². The predicted octanol–water partition coefficient (Wildman–Crippen LogP) is 2.49. The maximum Gasteiger partial charge on any atom is 0.141 e. The Hall–Kier alpha value is -3.45. The lowest BCUT2D eigenvalue weighted by molar-refractivity contribution is 0.282. The molecule has 0 saturated carbocycles. The largest absolute Gasteiger partial charge is 0.392 e. The van der Waals surface area contributed by atoms with E-state index >= 15 is 0 Å². The van der Waals surface area contributed by atoms with Crippen molar-refractivity contribution < 1.29 is 5.11 Å². The van der Waals surface area contributed by atoms with Crippen LogP contribution < -0.4 is 16.4 Å². The minimum atomic E-state index is -0.0363. The SMILES string of the molecule is N=C(c1ccc(CO)cc1)c1c(N)ncnc1NCCNc1ccccc1. The van der Waals surface area contributed by atoms with Crippen molar-refractivity contribution in [1.82, 2.24) is 9.97 Å². The molecule has 3 rings (SSSR count). The van der Waals surface area contributed by atoms with Crippen molar-refractivity contribution >= 4 is 23.0 Å². The number of nitrogens with one attached hydrogen (secondary N) is 3. The normalized spacial score (nSPS) is 10.4. The number of hydrogen-bond donors (Lipinski definition) is 5. The number of anilines is 3. The molecule has 7 nitrogen and oxygen atoms in total. The molecule has 0 saturated heterocycles. The second kappa shape index (κ2) is 8.77. The molecule has 0 aliphatic heterocycles. The molecular formula is C20H22N6O. The summed E-state index contributed by atoms with van der Waals surface area (Å²) in [5.41, 5.74) is 9.23. The fourth-order valence-corrected chi connectivity index (χ4v) is 2.64. The maximum absolute atomic E-state index is 9.17. The number of nitrogens with two attached hydrogens (primary N) is 1. The Balaban J connectivity index is 1.70. The van der Waals surface area contributed by atoms with E-state index in [0.717, 1.165) is 11.3 Å². The van der Waals surface area contributed by atoms with Crippen molar-refractivity contribution in [3.05, 3.63) is 77.6 Å². The number of aliphatic hydroxyl groups excluding tert-OH is 1. The summed E-state index contributed by atoms with van der Waals surface area (Å²) in [5.74, 6) is 0.772. The van der Waals surface area contributed by atoms with Crippen LogP contribution in [-0.4, -0.2) is 33.9 Å². The number of benzene rings is 2. The summed E-state index contributed by atoms with van der Waals surface area (Å²) in [5, 5.41) is 24.2. The second-order valence-corrected chi connectivity index (χ2v) is 5.93. The van der Waals surface area contributed by atoms with Gasteiger partial charge in [0.15, 0.2) is 0 Å². The van der Waals surface area contributed by atoms with Gasteiger partial charge in [-0.05, 0) is 17.7 Å². The van der Waals surface area contributed by atoms with E-state index in [1.54, 1.807) is 24.3 Å². The molecule has 3 aromatic rings. The van der Waals surface area contributed by atoms with E-state index < -0.39 is 0 Å². The fraction of sp³-hybridized carbons (Fsp3) is 0.150. The highest BCUT2D eigenvalue weighted by atomic mass is 16.3. The van der Waals surface area contributed by atoms with Gasteiger partial charge in [-0.3, -0.25) is 5.41 Å². The zero-order valence-corrected chi connectivity index (χ0v) is 14.8. The summed E-state index contributed by atoms with van der Waals surface area (Å²) < 4.78 is 0. The van der Waals surface area contributed by atoms with Crippen LogP contribution in [0.15, 0.2) is 60.9 Å². The number of nitrogen functional groups attached to an aromatic ring is 1. The van der Waals surface area contributed by atoms with Crippen molar-refractivity contribution in [2.45, 2.75) is 6.61 Å². The van der Waals surface area contributed by atoms with Gasteiger partial charge in [0.05, 0.1) is 17.9 Å². The van der Waals surface area contributed by atoms with Gasteiger partial charge in [-0.25, -0.2) is 9.97 Å². The summed E-state index contributed by atoms with van der Waals surface area (Å²) in [6.45, 7) is 1.26. The summed E-state index contributed by atoms with van der Waals surface area (Å²) in [6.07, 6.45) is 1.38. The van der Waals surface area contributed by atoms with Crippen molar-refractivity contribution in [3.8, 4) is 0 Å². The highest BCUT2D eigenvalue weighted by Gasteiger charge is 2.16. The van der Waals surface area contributed by atoms with Gasteiger partial charge >= 0.3 is 0 Å². The fourth-order valence-electron chi connectivity index (χ4n) is 2.64. The Morgan fingerprint density at radius 3 is 2.37 bits per heavy atom. The van der Waals surface area contributed by atoms with E-state index in [-0.39, 0.29) is 18.1 Å². The van der Waals surface area contributed by atoms with E-state index in [9.17, 15) is 0 Å². The van der Waals surface area contributed by atoms with Gasteiger partial charge in [0.2, 0.25) is 0 Å². The molecule has 0 spiro atoms. The van der Waals surface area contributed by atoms with Crippen LogP contribution in [0.3, 0.4) is 0 Å². The lowest BCUT2D eigenvalue weighted by Crippen LogP contribution is -2.18. The third-order valence-electron chi connectivity index (χ3n) is 4.07. The van der Waals surface area contributed by atoms with Gasteiger partial charge < -0.3 is 21.5 Å². The average Bonchev–Trinajstić information content (AvgIpc) is 2.72. The van der Waals surface area contributed by atoms with Crippen LogP contribution >= 0.6 is 0 Å². The van der Waals surface area contributed by atoms with Crippen molar-refractivity contribution in [1.29, 1.82) is 5.41 Å². The highest BCUT2D eigenvalue weighted by molar-refractivity contribution is 6.16. The van der Waals surface area contributed by atoms with Crippen LogP contribution in [-0.2, 0) is 6.61 Å². The number of aliphatic hydroxyl groups is 1. The van der Waals surface area contributed by atoms with Crippen molar-refractivity contribution in [2.24, 2.45) is 0 Å². The average molecular weight is 362 g/mol. The van der Waals surface area contributed by atoms with Crippen molar-refractivity contribution in [2.75, 3.05) is 29.5 Å². The van der Waals surface area contributed by atoms with E-state index in [1.165, 1.54) is 6.33 Å². The first-order valence-corrected chi connectivity index (χ1v) is 8.61. The molecule has 7 heteroatoms. The van der Waals surface area contributed by atoms with Gasteiger partial charge in [0.25, 0.3) is 0 Å². The molecular weight excluding hydrogens is 340 g/mol. The zero-order chi connectivity index (χ0) is 19.1. The molecule has 0 unspecified atom stereocenters. The molecule has 0 fully saturated rings. The Morgan fingerprint density at radius 1 is 0.963 bits per heavy atom. The molecule has 1 heterocycles. The number of aromatic nitrogens is 2. The quantitative estimate of drug-likeness (QED) is 0.310. The highest BCUT2D eigenvalue weighted by Crippen LogP contribution is 2.21. The Labute approximate surface area is 157 Å². The lowest BCUT2D eigenvalue weighted by atomic mass is 10.0. The molecule has 0 amide bonds. The molecule has 2 aromatic carbocycles. The number of nitrogens with zero attached hydrogens (tertiary/aromatic N) is 2. The van der Waals surface area contributed by atoms with E-state index in [4.69, 9.17) is 16.2 Å². The molecule has 0 radical (unpaired) electrons. The summed E-state index contributed by atoms with van der Waals surface area (Å²) in [6, 6.07) is 17.0. The molecule has 0 aliphatic carbocycles. The van der Waals surface area contributed by atoms with E-state index in [2.05, 4.69) is 20.6 Å². The van der Waals surface area contributed by atoms with Gasteiger partial charge in [-0.1, -0.05) is 42.5 Å². The van der Waals surface area contributed by atoms with E-state index in [0.29, 0.717) is 30.0 Å². The topological polar surface area (TPSA) is 120 Å². The van der Waals surface area contributed by atoms with Gasteiger partial charge in [0, 0.05) is 24.3 Å². The second-order valence-electron chi connectivity index (χ2n) is 5.93. The Morgan fingerprint density at radius 2 is 1.67 bits per heavy atom. The summed E-state index contributed by atoms with van der Waals surface area (Å²) >= 11 is 0. The van der Waals surface area contributed by atoms with Crippen molar-refractivity contribution in [3.63, 3.8) is 0 Å². The maximum atomic E-state index is 9.17. The molecule has 1 aromatic heterocycles. The first kappa shape index (κ1) is 18.3. The molecule has 0 aliphatic rings. The Bertz CT molecular complexity index is 896. The molecule has 0 atom stereocenters. The van der Waals surface area contributed by atoms with Crippen LogP contribution in [0.2, 0.25) is 0 Å². The Kier molecular flexibility index (Phi) is 5.96. The molecule has 138 valence electrons. The molecule has 0 bridgehead atoms. The number of rotatable bonds is 8. The van der Waals surface area contributed by atoms with Crippen LogP contribution in [0.5, 0.6) is 0 Å². The minimum absolute atomic E-state index is 0.0363. The number of hydrogen-bond acceptors (Lipinski definition) is 7. The standard InChI is InChI=1S/C20H22N6O/c21-18(15-8-6-14(12-27)7-9-15)17-19(22)25-13-26-20(17)24-11-10-23-16-4-2-1-3-5-16/h1-9,13,21,23,27H,10-12H2,(H3,22,24,25,26). The zero-order valence-electron chi connectivity index (χ0n) is 14.8. The first-order chi connectivity index (χ1) is 13.2. The van der Waals surface area contributed by atoms with Gasteiger partial charge in [-0.2, -0.15) is 0 Å². The molecule has 6 N–H and O–H groups in total. The van der Waals surface area contributed by atoms with E-state index in [1.807, 2.05) is 30.3 Å². The smallest absolute Gasteiger partial charge is 0.141 e. The number of para-hydroxylation sites is 1. The predicted molar refractivity (Wildman–Crippen MR) is 108 cm³/mol. The summed E-state index contributed by atoms with van der Waals surface area (Å²) in [4.78, 5) is 8.28.